The number of ether oxygens (including phenoxy) is 1. The number of piperidine rings is 1. The second kappa shape index (κ2) is 8.38. The Morgan fingerprint density at radius 3 is 2.28 bits per heavy atom. The Balaban J connectivity index is 1.79. The van der Waals surface area contributed by atoms with Crippen LogP contribution in [0.5, 0.6) is 0 Å². The van der Waals surface area contributed by atoms with E-state index in [1.54, 1.807) is 18.7 Å². The first-order valence-corrected chi connectivity index (χ1v) is 9.81. The summed E-state index contributed by atoms with van der Waals surface area (Å²) in [6, 6.07) is -0.727. The minimum Gasteiger partial charge on any atom is -0.455 e. The number of nitrogens with zero attached hydrogens (tertiary/aromatic N) is 2. The number of hydrogen-bond acceptors (Lipinski definition) is 6. The summed E-state index contributed by atoms with van der Waals surface area (Å²) in [6.07, 6.45) is 1.30. The van der Waals surface area contributed by atoms with Crippen molar-refractivity contribution in [3.8, 4) is 0 Å². The summed E-state index contributed by atoms with van der Waals surface area (Å²) in [5.74, 6) is -2.23. The van der Waals surface area contributed by atoms with Crippen LogP contribution in [0.3, 0.4) is 0 Å². The maximum atomic E-state index is 12.3. The van der Waals surface area contributed by atoms with Crippen LogP contribution in [0, 0.1) is 11.3 Å². The van der Waals surface area contributed by atoms with Crippen molar-refractivity contribution in [1.29, 1.82) is 0 Å². The normalized spacial score (nSPS) is 23.1. The van der Waals surface area contributed by atoms with Crippen molar-refractivity contribution < 1.29 is 28.7 Å². The second-order valence-corrected chi connectivity index (χ2v) is 8.72. The smallest absolute Gasteiger partial charge is 0.344 e. The van der Waals surface area contributed by atoms with Crippen LogP contribution in [0.2, 0.25) is 0 Å². The van der Waals surface area contributed by atoms with Gasteiger partial charge in [-0.05, 0) is 26.2 Å². The first kappa shape index (κ1) is 22.6. The molecule has 5 amide bonds. The molecule has 29 heavy (non-hydrogen) atoms. The van der Waals surface area contributed by atoms with Gasteiger partial charge < -0.3 is 15.0 Å². The van der Waals surface area contributed by atoms with Crippen LogP contribution in [0.4, 0.5) is 4.79 Å². The van der Waals surface area contributed by atoms with E-state index >= 15 is 0 Å². The van der Waals surface area contributed by atoms with Crippen LogP contribution >= 0.6 is 0 Å². The molecule has 2 rings (SSSR count). The lowest BCUT2D eigenvalue weighted by molar-refractivity contribution is -0.156. The van der Waals surface area contributed by atoms with E-state index in [-0.39, 0.29) is 5.91 Å². The van der Waals surface area contributed by atoms with Gasteiger partial charge in [0.2, 0.25) is 5.91 Å². The van der Waals surface area contributed by atoms with Gasteiger partial charge in [-0.15, -0.1) is 0 Å². The molecule has 0 aromatic heterocycles. The molecule has 2 aliphatic rings. The standard InChI is InChI=1S/C19H30N4O6/c1-6-19(5)16(27)23(17(28)20-19)21-13(24)11-29-14(25)12-7-9-22(10-8-12)15(26)18(2,3)4/h12H,6-11H2,1-5H3,(H,20,28)(H,21,24). The predicted molar refractivity (Wildman–Crippen MR) is 102 cm³/mol. The van der Waals surface area contributed by atoms with Crippen LogP contribution in [0.1, 0.15) is 53.9 Å². The molecule has 2 heterocycles. The average Bonchev–Trinajstić information content (AvgIpc) is 2.88. The van der Waals surface area contributed by atoms with Gasteiger partial charge in [0.15, 0.2) is 6.61 Å². The van der Waals surface area contributed by atoms with Crippen LogP contribution in [0.25, 0.3) is 0 Å². The molecule has 1 atom stereocenters. The summed E-state index contributed by atoms with van der Waals surface area (Å²) in [7, 11) is 0. The highest BCUT2D eigenvalue weighted by Crippen LogP contribution is 2.24. The van der Waals surface area contributed by atoms with Crippen LogP contribution < -0.4 is 10.7 Å². The maximum absolute atomic E-state index is 12.3. The Morgan fingerprint density at radius 1 is 1.21 bits per heavy atom. The lowest BCUT2D eigenvalue weighted by Crippen LogP contribution is -2.50. The summed E-state index contributed by atoms with van der Waals surface area (Å²) >= 11 is 0. The molecule has 162 valence electrons. The van der Waals surface area contributed by atoms with Gasteiger partial charge in [-0.2, -0.15) is 5.01 Å². The van der Waals surface area contributed by atoms with Gasteiger partial charge in [-0.25, -0.2) is 4.79 Å². The molecule has 10 nitrogen and oxygen atoms in total. The molecule has 2 fully saturated rings. The van der Waals surface area contributed by atoms with Crippen molar-refractivity contribution in [3.63, 3.8) is 0 Å². The van der Waals surface area contributed by atoms with Crippen molar-refractivity contribution in [2.45, 2.75) is 59.4 Å². The lowest BCUT2D eigenvalue weighted by atomic mass is 9.91. The highest BCUT2D eigenvalue weighted by Gasteiger charge is 2.47. The molecular formula is C19H30N4O6. The predicted octanol–water partition coefficient (Wildman–Crippen LogP) is 0.566. The fraction of sp³-hybridized carbons (Fsp3) is 0.737. The van der Waals surface area contributed by atoms with Crippen molar-refractivity contribution in [3.05, 3.63) is 0 Å². The van der Waals surface area contributed by atoms with Crippen LogP contribution in [0.15, 0.2) is 0 Å². The van der Waals surface area contributed by atoms with Gasteiger partial charge in [0, 0.05) is 18.5 Å². The van der Waals surface area contributed by atoms with Crippen molar-refractivity contribution in [2.24, 2.45) is 11.3 Å². The fourth-order valence-electron chi connectivity index (χ4n) is 3.23. The Morgan fingerprint density at radius 2 is 1.79 bits per heavy atom. The quantitative estimate of drug-likeness (QED) is 0.504. The van der Waals surface area contributed by atoms with E-state index in [9.17, 15) is 24.0 Å². The third kappa shape index (κ3) is 5.04. The molecule has 0 spiro atoms. The zero-order chi connectivity index (χ0) is 22.0. The fourth-order valence-corrected chi connectivity index (χ4v) is 3.23. The summed E-state index contributed by atoms with van der Waals surface area (Å²) < 4.78 is 5.04. The Bertz CT molecular complexity index is 708. The van der Waals surface area contributed by atoms with E-state index in [1.807, 2.05) is 20.8 Å². The van der Waals surface area contributed by atoms with E-state index in [2.05, 4.69) is 10.7 Å². The molecule has 2 aliphatic heterocycles. The number of hydrazine groups is 1. The average molecular weight is 410 g/mol. The minimum absolute atomic E-state index is 0.0383. The van der Waals surface area contributed by atoms with Gasteiger partial charge in [-0.3, -0.25) is 24.6 Å². The molecule has 1 unspecified atom stereocenters. The first-order chi connectivity index (χ1) is 13.4. The van der Waals surface area contributed by atoms with E-state index in [0.29, 0.717) is 37.4 Å². The molecule has 0 saturated carbocycles. The Kier molecular flexibility index (Phi) is 6.54. The number of esters is 1. The van der Waals surface area contributed by atoms with Gasteiger partial charge in [0.25, 0.3) is 11.8 Å². The third-order valence-electron chi connectivity index (χ3n) is 5.31. The highest BCUT2D eigenvalue weighted by atomic mass is 16.5. The molecule has 0 aromatic carbocycles. The van der Waals surface area contributed by atoms with Crippen LogP contribution in [-0.2, 0) is 23.9 Å². The molecule has 0 bridgehead atoms. The molecule has 2 saturated heterocycles. The molecular weight excluding hydrogens is 380 g/mol. The molecule has 0 aliphatic carbocycles. The van der Waals surface area contributed by atoms with Crippen molar-refractivity contribution in [2.75, 3.05) is 19.7 Å². The van der Waals surface area contributed by atoms with E-state index in [4.69, 9.17) is 4.74 Å². The van der Waals surface area contributed by atoms with Gasteiger partial charge >= 0.3 is 12.0 Å². The number of amides is 5. The van der Waals surface area contributed by atoms with Gasteiger partial charge in [0.05, 0.1) is 5.92 Å². The zero-order valence-corrected chi connectivity index (χ0v) is 17.7. The lowest BCUT2D eigenvalue weighted by Gasteiger charge is -2.34. The molecule has 2 N–H and O–H groups in total. The number of nitrogens with one attached hydrogen (secondary N) is 2. The van der Waals surface area contributed by atoms with Crippen molar-refractivity contribution in [1.82, 2.24) is 20.7 Å². The number of likely N-dealkylation sites (tertiary alicyclic amines) is 1. The Labute approximate surface area is 170 Å². The van der Waals surface area contributed by atoms with Gasteiger partial charge in [-0.1, -0.05) is 27.7 Å². The first-order valence-electron chi connectivity index (χ1n) is 9.81. The summed E-state index contributed by atoms with van der Waals surface area (Å²) in [6.45, 7) is 9.18. The van der Waals surface area contributed by atoms with Crippen LogP contribution in [-0.4, -0.2) is 64.9 Å². The molecule has 0 radical (unpaired) electrons. The van der Waals surface area contributed by atoms with E-state index in [0.717, 1.165) is 0 Å². The zero-order valence-electron chi connectivity index (χ0n) is 17.7. The highest BCUT2D eigenvalue weighted by molar-refractivity contribution is 6.07. The summed E-state index contributed by atoms with van der Waals surface area (Å²) in [5, 5.41) is 3.12. The third-order valence-corrected chi connectivity index (χ3v) is 5.31. The maximum Gasteiger partial charge on any atom is 0.344 e. The number of rotatable bonds is 5. The number of hydrogen-bond donors (Lipinski definition) is 2. The number of imide groups is 1. The van der Waals surface area contributed by atoms with Gasteiger partial charge in [0.1, 0.15) is 5.54 Å². The molecule has 0 aromatic rings. The van der Waals surface area contributed by atoms with Crippen molar-refractivity contribution >= 4 is 29.7 Å². The minimum atomic E-state index is -1.07. The van der Waals surface area contributed by atoms with E-state index in [1.165, 1.54) is 0 Å². The Hall–Kier alpha value is -2.65. The number of carbonyl (C=O) groups excluding carboxylic acids is 5. The number of urea groups is 1. The largest absolute Gasteiger partial charge is 0.455 e. The van der Waals surface area contributed by atoms with E-state index < -0.39 is 47.3 Å². The monoisotopic (exact) mass is 410 g/mol. The molecule has 10 heteroatoms. The summed E-state index contributed by atoms with van der Waals surface area (Å²) in [5.41, 5.74) is 0.624. The second-order valence-electron chi connectivity index (χ2n) is 8.72. The summed E-state index contributed by atoms with van der Waals surface area (Å²) in [4.78, 5) is 62.4. The number of carbonyl (C=O) groups is 5. The topological polar surface area (TPSA) is 125 Å². The SMILES string of the molecule is CCC1(C)NC(=O)N(NC(=O)COC(=O)C2CCN(C(=O)C(C)(C)C)CC2)C1=O.